The number of hydrogen-bond donors (Lipinski definition) is 2. The quantitative estimate of drug-likeness (QED) is 0.635. The number of hydrogen-bond acceptors (Lipinski definition) is 7. The Morgan fingerprint density at radius 2 is 2.13 bits per heavy atom. The monoisotopic (exact) mass is 475 g/mol. The molecule has 1 aromatic rings. The topological polar surface area (TPSA) is 115 Å². The number of nitriles is 1. The Balaban J connectivity index is 1.56. The van der Waals surface area contributed by atoms with E-state index in [0.717, 1.165) is 24.4 Å². The van der Waals surface area contributed by atoms with Gasteiger partial charge in [0.15, 0.2) is 0 Å². The van der Waals surface area contributed by atoms with Crippen LogP contribution in [0, 0.1) is 11.3 Å². The van der Waals surface area contributed by atoms with Crippen LogP contribution in [0.2, 0.25) is 0 Å². The number of alkyl halides is 1. The average molecular weight is 476 g/mol. The second-order valence-electron chi connectivity index (χ2n) is 8.16. The number of halogens is 1. The van der Waals surface area contributed by atoms with E-state index in [1.54, 1.807) is 23.2 Å². The number of aliphatic imine (C=N–C) groups is 2. The van der Waals surface area contributed by atoms with E-state index in [9.17, 15) is 4.79 Å². The summed E-state index contributed by atoms with van der Waals surface area (Å²) in [5.74, 6) is 1.40. The van der Waals surface area contributed by atoms with Crippen LogP contribution >= 0.6 is 15.9 Å². The van der Waals surface area contributed by atoms with Crippen LogP contribution in [0.25, 0.3) is 0 Å². The fourth-order valence-electron chi connectivity index (χ4n) is 3.05. The molecule has 1 fully saturated rings. The number of nitrogens with one attached hydrogen (secondary N) is 2. The fraction of sp³-hybridized carbons (Fsp3) is 0.550. The van der Waals surface area contributed by atoms with Gasteiger partial charge in [-0.15, -0.1) is 0 Å². The SMILES string of the molecule is CC(C)(C)OC(=O)N1CCC(N=C2NC(Nc3ccc(C#N)nc3)=NCC2Br)CC1. The first-order valence-electron chi connectivity index (χ1n) is 9.88. The minimum atomic E-state index is -0.490. The first kappa shape index (κ1) is 22.0. The molecule has 2 N–H and O–H groups in total. The Morgan fingerprint density at radius 1 is 1.40 bits per heavy atom. The van der Waals surface area contributed by atoms with Gasteiger partial charge < -0.3 is 20.3 Å². The van der Waals surface area contributed by atoms with E-state index >= 15 is 0 Å². The molecule has 0 saturated carbocycles. The van der Waals surface area contributed by atoms with Crippen molar-refractivity contribution in [3.8, 4) is 6.07 Å². The van der Waals surface area contributed by atoms with E-state index in [1.165, 1.54) is 0 Å². The third-order valence-corrected chi connectivity index (χ3v) is 5.25. The average Bonchev–Trinajstić information content (AvgIpc) is 2.70. The first-order chi connectivity index (χ1) is 14.2. The van der Waals surface area contributed by atoms with E-state index < -0.39 is 5.60 Å². The van der Waals surface area contributed by atoms with Crippen molar-refractivity contribution in [2.45, 2.75) is 50.1 Å². The number of likely N-dealkylation sites (tertiary alicyclic amines) is 1. The number of guanidine groups is 1. The molecule has 0 spiro atoms. The van der Waals surface area contributed by atoms with Gasteiger partial charge in [0, 0.05) is 13.1 Å². The Labute approximate surface area is 184 Å². The van der Waals surface area contributed by atoms with Gasteiger partial charge in [-0.1, -0.05) is 15.9 Å². The minimum Gasteiger partial charge on any atom is -0.444 e. The molecule has 1 unspecified atom stereocenters. The van der Waals surface area contributed by atoms with Crippen molar-refractivity contribution in [1.82, 2.24) is 15.2 Å². The van der Waals surface area contributed by atoms with Gasteiger partial charge in [-0.25, -0.2) is 9.78 Å². The highest BCUT2D eigenvalue weighted by Gasteiger charge is 2.28. The summed E-state index contributed by atoms with van der Waals surface area (Å²) in [4.78, 5) is 27.3. The molecule has 3 heterocycles. The summed E-state index contributed by atoms with van der Waals surface area (Å²) in [6, 6.07) is 5.54. The predicted molar refractivity (Wildman–Crippen MR) is 119 cm³/mol. The van der Waals surface area contributed by atoms with Crippen LogP contribution in [0.15, 0.2) is 28.3 Å². The minimum absolute atomic E-state index is 0.00558. The lowest BCUT2D eigenvalue weighted by molar-refractivity contribution is 0.0207. The normalized spacial score (nSPS) is 21.4. The number of aromatic nitrogens is 1. The highest BCUT2D eigenvalue weighted by Crippen LogP contribution is 2.19. The van der Waals surface area contributed by atoms with Crippen LogP contribution in [0.1, 0.15) is 39.3 Å². The fourth-order valence-corrected chi connectivity index (χ4v) is 3.43. The number of carbonyl (C=O) groups is 1. The number of amidine groups is 1. The van der Waals surface area contributed by atoms with Crippen LogP contribution < -0.4 is 10.6 Å². The van der Waals surface area contributed by atoms with Crippen molar-refractivity contribution in [2.24, 2.45) is 9.98 Å². The molecule has 0 bridgehead atoms. The molecule has 1 aromatic heterocycles. The molecular formula is C20H26BrN7O2. The van der Waals surface area contributed by atoms with Crippen molar-refractivity contribution in [1.29, 1.82) is 5.26 Å². The van der Waals surface area contributed by atoms with Crippen LogP contribution in [0.5, 0.6) is 0 Å². The smallest absolute Gasteiger partial charge is 0.410 e. The zero-order valence-electron chi connectivity index (χ0n) is 17.4. The van der Waals surface area contributed by atoms with Gasteiger partial charge >= 0.3 is 6.09 Å². The Hall–Kier alpha value is -2.67. The zero-order valence-corrected chi connectivity index (χ0v) is 18.9. The van der Waals surface area contributed by atoms with E-state index in [4.69, 9.17) is 15.0 Å². The largest absolute Gasteiger partial charge is 0.444 e. The number of nitrogens with zero attached hydrogens (tertiary/aromatic N) is 5. The lowest BCUT2D eigenvalue weighted by Gasteiger charge is -2.33. The van der Waals surface area contributed by atoms with Crippen LogP contribution in [-0.4, -0.2) is 63.9 Å². The lowest BCUT2D eigenvalue weighted by atomic mass is 10.1. The molecule has 160 valence electrons. The standard InChI is InChI=1S/C20H26BrN7O2/c1-20(2,3)30-19(29)28-8-6-13(7-9-28)25-17-16(21)12-24-18(27-17)26-15-5-4-14(10-22)23-11-15/h4-5,11,13,16H,6-9,12H2,1-3H3,(H2,24,25,26,27). The summed E-state index contributed by atoms with van der Waals surface area (Å²) in [6.07, 6.45) is 2.89. The molecule has 0 aromatic carbocycles. The molecule has 1 atom stereocenters. The van der Waals surface area contributed by atoms with Gasteiger partial charge in [-0.3, -0.25) is 9.98 Å². The van der Waals surface area contributed by atoms with Crippen molar-refractivity contribution < 1.29 is 9.53 Å². The summed E-state index contributed by atoms with van der Waals surface area (Å²) >= 11 is 3.62. The predicted octanol–water partition coefficient (Wildman–Crippen LogP) is 2.89. The number of amides is 1. The molecule has 9 nitrogen and oxygen atoms in total. The maximum Gasteiger partial charge on any atom is 0.410 e. The van der Waals surface area contributed by atoms with Gasteiger partial charge in [0.2, 0.25) is 5.96 Å². The van der Waals surface area contributed by atoms with Crippen molar-refractivity contribution in [2.75, 3.05) is 25.0 Å². The van der Waals surface area contributed by atoms with Crippen molar-refractivity contribution in [3.05, 3.63) is 24.0 Å². The van der Waals surface area contributed by atoms with Crippen LogP contribution in [0.3, 0.4) is 0 Å². The summed E-state index contributed by atoms with van der Waals surface area (Å²) < 4.78 is 5.45. The van der Waals surface area contributed by atoms with Gasteiger partial charge in [-0.05, 0) is 45.7 Å². The Kier molecular flexibility index (Phi) is 6.92. The molecule has 10 heteroatoms. The molecule has 30 heavy (non-hydrogen) atoms. The zero-order chi connectivity index (χ0) is 21.7. The van der Waals surface area contributed by atoms with E-state index in [1.807, 2.05) is 26.8 Å². The molecule has 1 saturated heterocycles. The van der Waals surface area contributed by atoms with E-state index in [0.29, 0.717) is 31.3 Å². The summed E-state index contributed by atoms with van der Waals surface area (Å²) in [7, 11) is 0. The number of carbonyl (C=O) groups excluding carboxylic acids is 1. The van der Waals surface area contributed by atoms with Crippen molar-refractivity contribution >= 4 is 39.5 Å². The second kappa shape index (κ2) is 9.43. The number of pyridine rings is 1. The summed E-state index contributed by atoms with van der Waals surface area (Å²) in [5.41, 5.74) is 0.606. The molecule has 0 radical (unpaired) electrons. The molecule has 2 aliphatic rings. The maximum absolute atomic E-state index is 12.2. The van der Waals surface area contributed by atoms with Crippen LogP contribution in [-0.2, 0) is 4.74 Å². The number of piperidine rings is 1. The first-order valence-corrected chi connectivity index (χ1v) is 10.8. The molecule has 0 aliphatic carbocycles. The molecular weight excluding hydrogens is 450 g/mol. The third-order valence-electron chi connectivity index (χ3n) is 4.53. The summed E-state index contributed by atoms with van der Waals surface area (Å²) in [5, 5.41) is 15.2. The van der Waals surface area contributed by atoms with Crippen molar-refractivity contribution in [3.63, 3.8) is 0 Å². The summed E-state index contributed by atoms with van der Waals surface area (Å²) in [6.45, 7) is 7.41. The van der Waals surface area contributed by atoms with E-state index in [-0.39, 0.29) is 17.0 Å². The lowest BCUT2D eigenvalue weighted by Crippen LogP contribution is -2.47. The second-order valence-corrected chi connectivity index (χ2v) is 9.27. The van der Waals surface area contributed by atoms with Gasteiger partial charge in [-0.2, -0.15) is 5.26 Å². The number of anilines is 1. The van der Waals surface area contributed by atoms with Gasteiger partial charge in [0.25, 0.3) is 0 Å². The number of rotatable bonds is 2. The Bertz CT molecular complexity index is 863. The Morgan fingerprint density at radius 3 is 2.73 bits per heavy atom. The highest BCUT2D eigenvalue weighted by atomic mass is 79.9. The van der Waals surface area contributed by atoms with Gasteiger partial charge in [0.05, 0.1) is 29.3 Å². The number of ether oxygens (including phenoxy) is 1. The third kappa shape index (κ3) is 6.16. The molecule has 2 aliphatic heterocycles. The van der Waals surface area contributed by atoms with Crippen LogP contribution in [0.4, 0.5) is 10.5 Å². The van der Waals surface area contributed by atoms with E-state index in [2.05, 4.69) is 36.5 Å². The maximum atomic E-state index is 12.2. The highest BCUT2D eigenvalue weighted by molar-refractivity contribution is 9.10. The molecule has 1 amide bonds. The van der Waals surface area contributed by atoms with Gasteiger partial charge in [0.1, 0.15) is 23.2 Å². The molecule has 3 rings (SSSR count).